The van der Waals surface area contributed by atoms with Gasteiger partial charge in [0.25, 0.3) is 0 Å². The predicted octanol–water partition coefficient (Wildman–Crippen LogP) is 5.38. The van der Waals surface area contributed by atoms with Gasteiger partial charge in [0.05, 0.1) is 22.6 Å². The second-order valence-corrected chi connectivity index (χ2v) is 9.68. The summed E-state index contributed by atoms with van der Waals surface area (Å²) >= 11 is 0. The summed E-state index contributed by atoms with van der Waals surface area (Å²) in [5, 5.41) is 10.4. The van der Waals surface area contributed by atoms with Gasteiger partial charge in [-0.3, -0.25) is 9.98 Å². The molecule has 6 nitrogen and oxygen atoms in total. The van der Waals surface area contributed by atoms with E-state index in [4.69, 9.17) is 5.10 Å². The molecule has 2 heterocycles. The number of H-pyrrole nitrogens is 1. The Labute approximate surface area is 239 Å². The molecule has 0 amide bonds. The molecular weight excluding hydrogens is 525 g/mol. The van der Waals surface area contributed by atoms with Gasteiger partial charge in [0.15, 0.2) is 0 Å². The van der Waals surface area contributed by atoms with Crippen LogP contribution in [0.5, 0.6) is 0 Å². The SMILES string of the molecule is C=C/C(C)=c1/[nH]cc/c1=C(/C)c1c(CNC)c(CC/N=C\C(=C/N=C)C(F)(F)F)nn1-c1c(CC)cccc1CC. The number of nitrogens with zero attached hydrogens (tertiary/aromatic N) is 4. The van der Waals surface area contributed by atoms with Crippen LogP contribution in [-0.4, -0.2) is 47.5 Å². The summed E-state index contributed by atoms with van der Waals surface area (Å²) in [6.07, 6.45) is 2.67. The number of alkyl halides is 3. The summed E-state index contributed by atoms with van der Waals surface area (Å²) in [5.74, 6) is 0. The fourth-order valence-electron chi connectivity index (χ4n) is 4.94. The molecule has 218 valence electrons. The number of rotatable bonds is 12. The summed E-state index contributed by atoms with van der Waals surface area (Å²) in [4.78, 5) is 10.7. The normalized spacial score (nSPS) is 14.0. The first-order chi connectivity index (χ1) is 19.6. The Kier molecular flexibility index (Phi) is 10.8. The van der Waals surface area contributed by atoms with Crippen LogP contribution in [0, 0.1) is 0 Å². The number of nitrogens with one attached hydrogen (secondary N) is 2. The van der Waals surface area contributed by atoms with Crippen LogP contribution in [0.1, 0.15) is 55.8 Å². The van der Waals surface area contributed by atoms with Crippen LogP contribution in [0.25, 0.3) is 16.8 Å². The van der Waals surface area contributed by atoms with Gasteiger partial charge in [0.1, 0.15) is 0 Å². The number of aliphatic imine (C=N–C) groups is 2. The van der Waals surface area contributed by atoms with Crippen molar-refractivity contribution in [3.05, 3.63) is 93.5 Å². The van der Waals surface area contributed by atoms with E-state index < -0.39 is 11.7 Å². The summed E-state index contributed by atoms with van der Waals surface area (Å²) in [5.41, 5.74) is 7.20. The van der Waals surface area contributed by atoms with Crippen LogP contribution in [0.4, 0.5) is 13.2 Å². The molecule has 0 unspecified atom stereocenters. The largest absolute Gasteiger partial charge is 0.419 e. The van der Waals surface area contributed by atoms with Crippen LogP contribution in [0.15, 0.2) is 64.9 Å². The molecule has 0 saturated heterocycles. The summed E-state index contributed by atoms with van der Waals surface area (Å²) in [7, 11) is 1.87. The van der Waals surface area contributed by atoms with E-state index in [0.717, 1.165) is 63.4 Å². The number of allylic oxidation sites excluding steroid dienone is 2. The first kappa shape index (κ1) is 31.5. The average molecular weight is 565 g/mol. The Morgan fingerprint density at radius 3 is 2.39 bits per heavy atom. The van der Waals surface area contributed by atoms with Crippen LogP contribution < -0.4 is 15.9 Å². The molecule has 0 spiro atoms. The van der Waals surface area contributed by atoms with Gasteiger partial charge in [0, 0.05) is 54.3 Å². The number of benzene rings is 1. The van der Waals surface area contributed by atoms with Crippen molar-refractivity contribution in [3.8, 4) is 5.69 Å². The Bertz CT molecular complexity index is 1550. The third-order valence-corrected chi connectivity index (χ3v) is 7.07. The van der Waals surface area contributed by atoms with Crippen LogP contribution >= 0.6 is 0 Å². The Morgan fingerprint density at radius 1 is 1.15 bits per heavy atom. The third kappa shape index (κ3) is 7.03. The number of aryl methyl sites for hydroxylation is 2. The number of para-hydroxylation sites is 1. The first-order valence-electron chi connectivity index (χ1n) is 13.7. The van der Waals surface area contributed by atoms with Gasteiger partial charge in [-0.2, -0.15) is 18.3 Å². The summed E-state index contributed by atoms with van der Waals surface area (Å²) in [6.45, 7) is 16.1. The van der Waals surface area contributed by atoms with Crippen molar-refractivity contribution in [2.45, 2.75) is 59.7 Å². The molecular formula is C32H39F3N6. The minimum Gasteiger partial charge on any atom is -0.361 e. The predicted molar refractivity (Wildman–Crippen MR) is 163 cm³/mol. The minimum absolute atomic E-state index is 0.131. The number of hydrogen-bond acceptors (Lipinski definition) is 4. The molecule has 0 saturated carbocycles. The van der Waals surface area contributed by atoms with Crippen molar-refractivity contribution < 1.29 is 13.2 Å². The topological polar surface area (TPSA) is 70.4 Å². The number of halogens is 3. The van der Waals surface area contributed by atoms with E-state index in [1.54, 1.807) is 0 Å². The van der Waals surface area contributed by atoms with Crippen molar-refractivity contribution in [2.75, 3.05) is 13.6 Å². The maximum atomic E-state index is 13.3. The average Bonchev–Trinajstić information content (AvgIpc) is 3.58. The van der Waals surface area contributed by atoms with E-state index in [9.17, 15) is 13.2 Å². The van der Waals surface area contributed by atoms with Crippen molar-refractivity contribution in [1.29, 1.82) is 0 Å². The zero-order valence-electron chi connectivity index (χ0n) is 24.5. The van der Waals surface area contributed by atoms with Crippen LogP contribution in [-0.2, 0) is 25.8 Å². The van der Waals surface area contributed by atoms with Crippen molar-refractivity contribution in [1.82, 2.24) is 20.1 Å². The zero-order chi connectivity index (χ0) is 30.2. The van der Waals surface area contributed by atoms with Crippen molar-refractivity contribution >= 4 is 24.1 Å². The monoisotopic (exact) mass is 564 g/mol. The van der Waals surface area contributed by atoms with Gasteiger partial charge in [0.2, 0.25) is 0 Å². The summed E-state index contributed by atoms with van der Waals surface area (Å²) < 4.78 is 41.8. The highest BCUT2D eigenvalue weighted by Gasteiger charge is 2.32. The quantitative estimate of drug-likeness (QED) is 0.290. The molecule has 0 atom stereocenters. The molecule has 0 aliphatic carbocycles. The molecule has 0 aliphatic heterocycles. The molecule has 0 fully saturated rings. The van der Waals surface area contributed by atoms with Gasteiger partial charge in [-0.1, -0.05) is 44.7 Å². The fourth-order valence-corrected chi connectivity index (χ4v) is 4.94. The van der Waals surface area contributed by atoms with Crippen LogP contribution in [0.3, 0.4) is 0 Å². The fraction of sp³-hybridized carbons (Fsp3) is 0.344. The highest BCUT2D eigenvalue weighted by atomic mass is 19.4. The van der Waals surface area contributed by atoms with Gasteiger partial charge in [-0.05, 0) is 68.8 Å². The standard InChI is InChI=1S/C32H39F3N6/c1-8-21(4)29-26(14-17-39-29)22(5)30-27(20-37-7)28(15-16-38-19-25(18-36-6)32(33,34)35)40-41(30)31-23(9-2)12-11-13-24(31)10-3/h8,11-14,17-19,37,39H,1,6,9-10,15-16,20H2,2-5,7H3/b25-18+,26-22+,29-21+,38-19-. The Balaban J connectivity index is 2.31. The van der Waals surface area contributed by atoms with Gasteiger partial charge in [-0.25, -0.2) is 4.68 Å². The lowest BCUT2D eigenvalue weighted by molar-refractivity contribution is -0.0857. The molecule has 2 aromatic heterocycles. The molecule has 0 aliphatic rings. The highest BCUT2D eigenvalue weighted by molar-refractivity contribution is 5.80. The van der Waals surface area contributed by atoms with E-state index in [1.165, 1.54) is 11.1 Å². The van der Waals surface area contributed by atoms with Gasteiger partial charge in [-0.15, -0.1) is 0 Å². The van der Waals surface area contributed by atoms with Crippen molar-refractivity contribution in [2.24, 2.45) is 9.98 Å². The van der Waals surface area contributed by atoms with Gasteiger partial charge < -0.3 is 10.3 Å². The maximum Gasteiger partial charge on any atom is 0.419 e. The van der Waals surface area contributed by atoms with Crippen LogP contribution in [0.2, 0.25) is 0 Å². The Hall–Kier alpha value is -3.98. The van der Waals surface area contributed by atoms with E-state index in [2.05, 4.69) is 72.6 Å². The molecule has 2 N–H and O–H groups in total. The third-order valence-electron chi connectivity index (χ3n) is 7.07. The van der Waals surface area contributed by atoms with E-state index >= 15 is 0 Å². The highest BCUT2D eigenvalue weighted by Crippen LogP contribution is 2.30. The Morgan fingerprint density at radius 2 is 1.83 bits per heavy atom. The van der Waals surface area contributed by atoms with E-state index in [0.29, 0.717) is 19.2 Å². The summed E-state index contributed by atoms with van der Waals surface area (Å²) in [6, 6.07) is 8.36. The smallest absolute Gasteiger partial charge is 0.361 e. The van der Waals surface area contributed by atoms with Gasteiger partial charge >= 0.3 is 6.18 Å². The molecule has 0 bridgehead atoms. The minimum atomic E-state index is -4.56. The second kappa shape index (κ2) is 14.1. The number of aromatic nitrogens is 3. The molecule has 41 heavy (non-hydrogen) atoms. The van der Waals surface area contributed by atoms with Crippen molar-refractivity contribution in [3.63, 3.8) is 0 Å². The maximum absolute atomic E-state index is 13.3. The lowest BCUT2D eigenvalue weighted by atomic mass is 10.00. The lowest BCUT2D eigenvalue weighted by Gasteiger charge is -2.17. The zero-order valence-corrected chi connectivity index (χ0v) is 24.5. The lowest BCUT2D eigenvalue weighted by Crippen LogP contribution is -2.27. The number of aromatic amines is 1. The second-order valence-electron chi connectivity index (χ2n) is 9.68. The molecule has 3 aromatic rings. The molecule has 0 radical (unpaired) electrons. The van der Waals surface area contributed by atoms with E-state index in [-0.39, 0.29) is 6.54 Å². The first-order valence-corrected chi connectivity index (χ1v) is 13.7. The molecule has 3 rings (SSSR count). The number of hydrogen-bond donors (Lipinski definition) is 2. The molecule has 9 heteroatoms. The van der Waals surface area contributed by atoms with E-state index in [1.807, 2.05) is 37.0 Å². The molecule has 1 aromatic carbocycles.